The molecule has 0 aromatic rings. The Kier molecular flexibility index (Phi) is 3.89. The Hall–Kier alpha value is -0.420. The van der Waals surface area contributed by atoms with Gasteiger partial charge in [-0.25, -0.2) is 8.78 Å². The summed E-state index contributed by atoms with van der Waals surface area (Å²) in [5.41, 5.74) is 0. The van der Waals surface area contributed by atoms with Crippen molar-refractivity contribution in [2.75, 3.05) is 13.1 Å². The standard InChI is InChI=1S/C9H14F2N2O.ClH/c10-9(11)3-6(4-9)8(14)13-7-1-2-12-5-7;/h6-7,12H,1-5H2,(H,13,14);1H/t7-;/m1./s1. The molecule has 0 spiro atoms. The zero-order valence-corrected chi connectivity index (χ0v) is 9.08. The molecule has 88 valence electrons. The van der Waals surface area contributed by atoms with Crippen molar-refractivity contribution in [1.29, 1.82) is 0 Å². The van der Waals surface area contributed by atoms with Gasteiger partial charge in [-0.3, -0.25) is 4.79 Å². The molecule has 2 rings (SSSR count). The lowest BCUT2D eigenvalue weighted by atomic mass is 9.80. The largest absolute Gasteiger partial charge is 0.352 e. The molecular weight excluding hydrogens is 226 g/mol. The molecule has 2 N–H and O–H groups in total. The molecule has 0 aromatic heterocycles. The summed E-state index contributed by atoms with van der Waals surface area (Å²) < 4.78 is 24.9. The van der Waals surface area contributed by atoms with Crippen LogP contribution < -0.4 is 10.6 Å². The van der Waals surface area contributed by atoms with Gasteiger partial charge in [0.15, 0.2) is 0 Å². The number of rotatable bonds is 2. The van der Waals surface area contributed by atoms with Crippen molar-refractivity contribution in [3.8, 4) is 0 Å². The van der Waals surface area contributed by atoms with Crippen molar-refractivity contribution in [2.45, 2.75) is 31.2 Å². The van der Waals surface area contributed by atoms with Crippen molar-refractivity contribution in [1.82, 2.24) is 10.6 Å². The summed E-state index contributed by atoms with van der Waals surface area (Å²) in [6.07, 6.45) is 0.340. The Bertz CT molecular complexity index is 236. The number of carbonyl (C=O) groups excluding carboxylic acids is 1. The molecule has 6 heteroatoms. The van der Waals surface area contributed by atoms with E-state index in [4.69, 9.17) is 0 Å². The van der Waals surface area contributed by atoms with Crippen molar-refractivity contribution < 1.29 is 13.6 Å². The lowest BCUT2D eigenvalue weighted by Crippen LogP contribution is -2.48. The number of halogens is 3. The number of amides is 1. The Morgan fingerprint density at radius 1 is 1.40 bits per heavy atom. The van der Waals surface area contributed by atoms with Gasteiger partial charge >= 0.3 is 0 Å². The highest BCUT2D eigenvalue weighted by molar-refractivity contribution is 5.85. The first-order valence-electron chi connectivity index (χ1n) is 4.96. The Morgan fingerprint density at radius 3 is 2.53 bits per heavy atom. The Morgan fingerprint density at radius 2 is 2.07 bits per heavy atom. The fraction of sp³-hybridized carbons (Fsp3) is 0.889. The molecule has 1 amide bonds. The van der Waals surface area contributed by atoms with Crippen LogP contribution in [0.5, 0.6) is 0 Å². The molecule has 15 heavy (non-hydrogen) atoms. The number of hydrogen-bond donors (Lipinski definition) is 2. The average molecular weight is 241 g/mol. The molecule has 1 heterocycles. The second kappa shape index (κ2) is 4.61. The maximum atomic E-state index is 12.5. The molecule has 0 bridgehead atoms. The van der Waals surface area contributed by atoms with Gasteiger partial charge in [-0.05, 0) is 13.0 Å². The van der Waals surface area contributed by atoms with E-state index in [0.717, 1.165) is 19.5 Å². The van der Waals surface area contributed by atoms with Crippen LogP contribution in [0, 0.1) is 5.92 Å². The zero-order valence-electron chi connectivity index (χ0n) is 8.26. The van der Waals surface area contributed by atoms with Crippen LogP contribution in [0.15, 0.2) is 0 Å². The van der Waals surface area contributed by atoms with Crippen LogP contribution in [-0.4, -0.2) is 31.0 Å². The van der Waals surface area contributed by atoms with E-state index in [2.05, 4.69) is 10.6 Å². The lowest BCUT2D eigenvalue weighted by molar-refractivity contribution is -0.150. The number of nitrogens with one attached hydrogen (secondary N) is 2. The van der Waals surface area contributed by atoms with Gasteiger partial charge in [0.25, 0.3) is 0 Å². The molecule has 0 unspecified atom stereocenters. The third-order valence-corrected chi connectivity index (χ3v) is 2.87. The van der Waals surface area contributed by atoms with Crippen LogP contribution in [0.2, 0.25) is 0 Å². The maximum absolute atomic E-state index is 12.5. The predicted molar refractivity (Wildman–Crippen MR) is 54.3 cm³/mol. The smallest absolute Gasteiger partial charge is 0.249 e. The van der Waals surface area contributed by atoms with E-state index in [1.54, 1.807) is 0 Å². The molecule has 1 saturated carbocycles. The molecule has 1 atom stereocenters. The number of alkyl halides is 2. The minimum absolute atomic E-state index is 0. The van der Waals surface area contributed by atoms with E-state index in [-0.39, 0.29) is 37.2 Å². The highest BCUT2D eigenvalue weighted by Gasteiger charge is 2.48. The zero-order chi connectivity index (χ0) is 10.2. The molecule has 2 aliphatic rings. The summed E-state index contributed by atoms with van der Waals surface area (Å²) in [7, 11) is 0. The average Bonchev–Trinajstić information content (AvgIpc) is 2.52. The van der Waals surface area contributed by atoms with E-state index in [1.807, 2.05) is 0 Å². The van der Waals surface area contributed by atoms with Gasteiger partial charge < -0.3 is 10.6 Å². The molecule has 1 aliphatic heterocycles. The quantitative estimate of drug-likeness (QED) is 0.754. The van der Waals surface area contributed by atoms with E-state index in [0.29, 0.717) is 0 Å². The third kappa shape index (κ3) is 3.01. The first-order valence-corrected chi connectivity index (χ1v) is 4.96. The van der Waals surface area contributed by atoms with Crippen molar-refractivity contribution in [3.05, 3.63) is 0 Å². The summed E-state index contributed by atoms with van der Waals surface area (Å²) >= 11 is 0. The van der Waals surface area contributed by atoms with Crippen molar-refractivity contribution in [2.24, 2.45) is 5.92 Å². The topological polar surface area (TPSA) is 41.1 Å². The highest BCUT2D eigenvalue weighted by atomic mass is 35.5. The van der Waals surface area contributed by atoms with Crippen molar-refractivity contribution >= 4 is 18.3 Å². The van der Waals surface area contributed by atoms with Gasteiger partial charge in [0.2, 0.25) is 11.8 Å². The summed E-state index contributed by atoms with van der Waals surface area (Å²) in [6.45, 7) is 1.65. The fourth-order valence-corrected chi connectivity index (χ4v) is 1.94. The first-order chi connectivity index (χ1) is 6.57. The monoisotopic (exact) mass is 240 g/mol. The van der Waals surface area contributed by atoms with E-state index in [9.17, 15) is 13.6 Å². The molecule has 3 nitrogen and oxygen atoms in total. The summed E-state index contributed by atoms with van der Waals surface area (Å²) in [6, 6.07) is 0.136. The SMILES string of the molecule is Cl.O=C(N[C@@H]1CCNC1)C1CC(F)(F)C1. The minimum Gasteiger partial charge on any atom is -0.352 e. The Labute approximate surface area is 93.4 Å². The van der Waals surface area contributed by atoms with Gasteiger partial charge in [0, 0.05) is 31.3 Å². The van der Waals surface area contributed by atoms with Gasteiger partial charge in [-0.1, -0.05) is 0 Å². The third-order valence-electron chi connectivity index (χ3n) is 2.87. The number of carbonyl (C=O) groups is 1. The number of hydrogen-bond acceptors (Lipinski definition) is 2. The normalized spacial score (nSPS) is 29.1. The van der Waals surface area contributed by atoms with Gasteiger partial charge in [-0.2, -0.15) is 0 Å². The van der Waals surface area contributed by atoms with Gasteiger partial charge in [0.1, 0.15) is 0 Å². The molecule has 0 aromatic carbocycles. The van der Waals surface area contributed by atoms with E-state index >= 15 is 0 Å². The van der Waals surface area contributed by atoms with Gasteiger partial charge in [-0.15, -0.1) is 12.4 Å². The second-order valence-electron chi connectivity index (χ2n) is 4.16. The van der Waals surface area contributed by atoms with Crippen LogP contribution in [0.4, 0.5) is 8.78 Å². The van der Waals surface area contributed by atoms with Crippen LogP contribution in [0.3, 0.4) is 0 Å². The summed E-state index contributed by atoms with van der Waals surface area (Å²) in [5.74, 6) is -3.27. The minimum atomic E-state index is -2.60. The summed E-state index contributed by atoms with van der Waals surface area (Å²) in [4.78, 5) is 11.4. The molecule has 1 saturated heterocycles. The fourth-order valence-electron chi connectivity index (χ4n) is 1.94. The van der Waals surface area contributed by atoms with E-state index < -0.39 is 11.8 Å². The van der Waals surface area contributed by atoms with Crippen LogP contribution in [-0.2, 0) is 4.79 Å². The lowest BCUT2D eigenvalue weighted by Gasteiger charge is -2.34. The van der Waals surface area contributed by atoms with Gasteiger partial charge in [0.05, 0.1) is 0 Å². The first kappa shape index (κ1) is 12.6. The Balaban J connectivity index is 0.00000112. The van der Waals surface area contributed by atoms with Crippen LogP contribution in [0.25, 0.3) is 0 Å². The predicted octanol–water partition coefficient (Wildman–Crippen LogP) is 0.932. The van der Waals surface area contributed by atoms with Crippen LogP contribution in [0.1, 0.15) is 19.3 Å². The molecular formula is C9H15ClF2N2O. The highest BCUT2D eigenvalue weighted by Crippen LogP contribution is 2.42. The van der Waals surface area contributed by atoms with E-state index in [1.165, 1.54) is 0 Å². The molecule has 0 radical (unpaired) electrons. The van der Waals surface area contributed by atoms with Crippen molar-refractivity contribution in [3.63, 3.8) is 0 Å². The van der Waals surface area contributed by atoms with Crippen LogP contribution >= 0.6 is 12.4 Å². The maximum Gasteiger partial charge on any atom is 0.249 e. The second-order valence-corrected chi connectivity index (χ2v) is 4.16. The molecule has 2 fully saturated rings. The molecule has 1 aliphatic carbocycles. The summed E-state index contributed by atoms with van der Waals surface area (Å²) in [5, 5.41) is 5.89.